The lowest BCUT2D eigenvalue weighted by Crippen LogP contribution is -2.34. The van der Waals surface area contributed by atoms with E-state index in [9.17, 15) is 15.2 Å². The molecule has 0 bridgehead atoms. The van der Waals surface area contributed by atoms with E-state index in [0.717, 1.165) is 0 Å². The van der Waals surface area contributed by atoms with Crippen LogP contribution >= 0.6 is 11.3 Å². The van der Waals surface area contributed by atoms with Crippen LogP contribution in [-0.4, -0.2) is 26.9 Å². The zero-order chi connectivity index (χ0) is 12.8. The monoisotopic (exact) mass is 252 g/mol. The van der Waals surface area contributed by atoms with Gasteiger partial charge in [-0.15, -0.1) is 11.3 Å². The van der Waals surface area contributed by atoms with Crippen molar-refractivity contribution in [3.8, 4) is 0 Å². The molecule has 1 aromatic heterocycles. The van der Waals surface area contributed by atoms with Gasteiger partial charge in [0.1, 0.15) is 4.88 Å². The Morgan fingerprint density at radius 3 is 2.29 bits per heavy atom. The van der Waals surface area contributed by atoms with Crippen molar-refractivity contribution in [2.24, 2.45) is 5.41 Å². The smallest absolute Gasteiger partial charge is 0.358 e. The average Bonchev–Trinajstić information content (AvgIpc) is 2.74. The molecule has 0 atom stereocenters. The van der Waals surface area contributed by atoms with Crippen LogP contribution in [0.5, 0.6) is 0 Å². The largest absolute Gasteiger partial charge is 0.561 e. The number of carbonyl (C=O) groups is 1. The molecule has 0 N–H and O–H groups in total. The number of thiophene rings is 1. The molecule has 1 aliphatic rings. The van der Waals surface area contributed by atoms with Gasteiger partial charge in [-0.1, -0.05) is 6.07 Å². The van der Waals surface area contributed by atoms with Gasteiger partial charge in [-0.2, -0.15) is 0 Å². The van der Waals surface area contributed by atoms with Crippen LogP contribution in [0, 0.1) is 15.8 Å². The molecule has 90 valence electrons. The van der Waals surface area contributed by atoms with Crippen LogP contribution in [0.25, 0.3) is 0 Å². The second-order valence-electron chi connectivity index (χ2n) is 4.80. The van der Waals surface area contributed by atoms with Crippen molar-refractivity contribution < 1.29 is 14.5 Å². The topological polar surface area (TPSA) is 69.2 Å². The molecule has 0 aromatic carbocycles. The van der Waals surface area contributed by atoms with Crippen LogP contribution < -0.4 is 0 Å². The first-order valence-electron chi connectivity index (χ1n) is 5.11. The van der Waals surface area contributed by atoms with Crippen molar-refractivity contribution in [1.82, 2.24) is 0 Å². The van der Waals surface area contributed by atoms with Gasteiger partial charge in [0.25, 0.3) is 0 Å². The lowest BCUT2D eigenvalue weighted by atomic mass is 9.86. The van der Waals surface area contributed by atoms with Crippen molar-refractivity contribution in [3.05, 3.63) is 32.8 Å². The highest BCUT2D eigenvalue weighted by Gasteiger charge is 2.50. The molecule has 6 heteroatoms. The van der Waals surface area contributed by atoms with Gasteiger partial charge in [0.15, 0.2) is 0 Å². The van der Waals surface area contributed by atoms with Gasteiger partial charge in [-0.05, 0) is 32.2 Å². The number of hydrazine groups is 1. The fourth-order valence-electron chi connectivity index (χ4n) is 1.71. The first-order chi connectivity index (χ1) is 7.84. The highest BCUT2D eigenvalue weighted by Crippen LogP contribution is 2.23. The van der Waals surface area contributed by atoms with Gasteiger partial charge >= 0.3 is 17.2 Å². The predicted octanol–water partition coefficient (Wildman–Crippen LogP) is 1.54. The maximum absolute atomic E-state index is 12.1. The summed E-state index contributed by atoms with van der Waals surface area (Å²) in [6.45, 7) is 5.20. The zero-order valence-electron chi connectivity index (χ0n) is 9.76. The number of hydrazone groups is 2. The molecular weight excluding hydrogens is 240 g/mol. The maximum Gasteiger partial charge on any atom is 0.358 e. The summed E-state index contributed by atoms with van der Waals surface area (Å²) >= 11 is 1.26. The van der Waals surface area contributed by atoms with Crippen LogP contribution in [0.1, 0.15) is 25.6 Å². The normalized spacial score (nSPS) is 17.2. The third-order valence-corrected chi connectivity index (χ3v) is 3.32. The fraction of sp³-hybridized carbons (Fsp3) is 0.364. The summed E-state index contributed by atoms with van der Waals surface area (Å²) in [5.74, 6) is -0.482. The molecule has 0 saturated carbocycles. The second kappa shape index (κ2) is 3.66. The number of Topliss-reactive ketones (excluding diaryl/α,β-unsaturated/α-hetero) is 1. The molecular formula is C11H12N2O3S. The first kappa shape index (κ1) is 11.8. The molecule has 0 saturated heterocycles. The molecule has 5 nitrogen and oxygen atoms in total. The van der Waals surface area contributed by atoms with E-state index in [2.05, 4.69) is 0 Å². The average molecular weight is 252 g/mol. The highest BCUT2D eigenvalue weighted by atomic mass is 32.1. The summed E-state index contributed by atoms with van der Waals surface area (Å²) in [5, 5.41) is 25.2. The van der Waals surface area contributed by atoms with E-state index in [-0.39, 0.29) is 21.1 Å². The molecule has 1 aromatic rings. The fourth-order valence-corrected chi connectivity index (χ4v) is 2.46. The summed E-state index contributed by atoms with van der Waals surface area (Å²) in [7, 11) is 0. The molecule has 0 radical (unpaired) electrons. The van der Waals surface area contributed by atoms with Crippen molar-refractivity contribution in [2.45, 2.75) is 20.8 Å². The van der Waals surface area contributed by atoms with E-state index >= 15 is 0 Å². The first-order valence-corrected chi connectivity index (χ1v) is 5.99. The number of carbonyl (C=O) groups excluding carboxylic acids is 1. The zero-order valence-corrected chi connectivity index (χ0v) is 10.6. The van der Waals surface area contributed by atoms with E-state index < -0.39 is 11.2 Å². The summed E-state index contributed by atoms with van der Waals surface area (Å²) in [6, 6.07) is 3.39. The van der Waals surface area contributed by atoms with Gasteiger partial charge in [-0.25, -0.2) is 0 Å². The number of rotatable bonds is 1. The van der Waals surface area contributed by atoms with Crippen molar-refractivity contribution in [3.63, 3.8) is 0 Å². The molecule has 0 amide bonds. The van der Waals surface area contributed by atoms with Crippen molar-refractivity contribution >= 4 is 28.5 Å². The Morgan fingerprint density at radius 2 is 1.88 bits per heavy atom. The van der Waals surface area contributed by atoms with Crippen LogP contribution in [0.15, 0.2) is 17.5 Å². The molecule has 17 heavy (non-hydrogen) atoms. The summed E-state index contributed by atoms with van der Waals surface area (Å²) < 4.78 is 0. The summed E-state index contributed by atoms with van der Waals surface area (Å²) in [6.07, 6.45) is 0. The van der Waals surface area contributed by atoms with Crippen molar-refractivity contribution in [1.29, 1.82) is 0 Å². The number of nitrogens with zero attached hydrogens (tertiary/aromatic N) is 2. The van der Waals surface area contributed by atoms with Gasteiger partial charge < -0.3 is 10.4 Å². The summed E-state index contributed by atoms with van der Waals surface area (Å²) in [4.78, 5) is 12.9. The highest BCUT2D eigenvalue weighted by molar-refractivity contribution is 7.13. The van der Waals surface area contributed by atoms with Gasteiger partial charge in [0, 0.05) is 0 Å². The van der Waals surface area contributed by atoms with E-state index in [4.69, 9.17) is 0 Å². The Bertz CT molecular complexity index is 536. The predicted molar refractivity (Wildman–Crippen MR) is 65.2 cm³/mol. The van der Waals surface area contributed by atoms with E-state index in [1.54, 1.807) is 38.3 Å². The Balaban J connectivity index is 2.54. The minimum absolute atomic E-state index is 0.0177. The maximum atomic E-state index is 12.1. The van der Waals surface area contributed by atoms with Gasteiger partial charge in [-0.3, -0.25) is 4.79 Å². The van der Waals surface area contributed by atoms with Crippen LogP contribution in [0.2, 0.25) is 0 Å². The molecule has 1 aliphatic heterocycles. The third kappa shape index (κ3) is 1.74. The van der Waals surface area contributed by atoms with Crippen LogP contribution in [0.3, 0.4) is 0 Å². The lowest BCUT2D eigenvalue weighted by molar-refractivity contribution is -1.05. The number of hydrogen-bond acceptors (Lipinski definition) is 4. The SMILES string of the molecule is CC(C)(C)C1=[N+]([O-])[N+]([O-])=C(c2cccs2)C1=O. The summed E-state index contributed by atoms with van der Waals surface area (Å²) in [5.41, 5.74) is -0.753. The second-order valence-corrected chi connectivity index (χ2v) is 5.75. The Labute approximate surface area is 102 Å². The van der Waals surface area contributed by atoms with E-state index in [1.807, 2.05) is 0 Å². The van der Waals surface area contributed by atoms with Crippen molar-refractivity contribution in [2.75, 3.05) is 0 Å². The standard InChI is InChI=1S/C11H12N2O3S/c1-11(2,3)10-9(14)8(12(15)13(10)16)7-5-4-6-17-7/h4-6H,1-3H3. The minimum Gasteiger partial charge on any atom is -0.561 e. The van der Waals surface area contributed by atoms with Gasteiger partial charge in [0.2, 0.25) is 0 Å². The molecule has 0 fully saturated rings. The lowest BCUT2D eigenvalue weighted by Gasteiger charge is -2.11. The quantitative estimate of drug-likeness (QED) is 0.562. The van der Waals surface area contributed by atoms with E-state index in [0.29, 0.717) is 4.88 Å². The molecule has 2 heterocycles. The minimum atomic E-state index is -0.652. The molecule has 0 aliphatic carbocycles. The van der Waals surface area contributed by atoms with Gasteiger partial charge in [0.05, 0.1) is 15.1 Å². The molecule has 2 rings (SSSR count). The van der Waals surface area contributed by atoms with Crippen LogP contribution in [-0.2, 0) is 4.79 Å². The number of ketones is 1. The third-order valence-electron chi connectivity index (χ3n) is 2.44. The van der Waals surface area contributed by atoms with Crippen LogP contribution in [0.4, 0.5) is 0 Å². The molecule has 0 spiro atoms. The Morgan fingerprint density at radius 1 is 1.24 bits per heavy atom. The Kier molecular flexibility index (Phi) is 2.54. The molecule has 0 unspecified atom stereocenters. The Hall–Kier alpha value is -1.69. The number of hydrogen-bond donors (Lipinski definition) is 0. The van der Waals surface area contributed by atoms with E-state index in [1.165, 1.54) is 11.3 Å².